The summed E-state index contributed by atoms with van der Waals surface area (Å²) < 4.78 is 13.7. The summed E-state index contributed by atoms with van der Waals surface area (Å²) in [6.07, 6.45) is 6.16. The largest absolute Gasteiger partial charge is 0.410 e. The van der Waals surface area contributed by atoms with Crippen molar-refractivity contribution in [2.24, 2.45) is 0 Å². The van der Waals surface area contributed by atoms with Gasteiger partial charge in [0.05, 0.1) is 12.7 Å². The van der Waals surface area contributed by atoms with Crippen molar-refractivity contribution in [3.63, 3.8) is 0 Å². The molecule has 1 aliphatic heterocycles. The SMILES string of the molecule is C#C[C@]1(CO)O[C@H](n2cc(C)c(=O)[nH]c2=O)C[C@H]1O[Si](C)(C)C(C)(C)C. The van der Waals surface area contributed by atoms with Crippen LogP contribution < -0.4 is 11.2 Å². The third-order valence-corrected chi connectivity index (χ3v) is 9.95. The Morgan fingerprint density at radius 3 is 2.62 bits per heavy atom. The molecule has 1 aliphatic rings. The standard InChI is InChI=1S/C18H28N2O5Si/c1-8-18(11-21)13(25-26(6,7)17(3,4)5)9-14(24-18)20-10-12(2)15(22)19-16(20)23/h1,10,13-14,21H,9,11H2,2-7H3,(H,19,22,23)/t13-,14+,18-/m1/s1. The zero-order valence-corrected chi connectivity index (χ0v) is 17.3. The molecule has 2 N–H and O–H groups in total. The number of nitrogens with one attached hydrogen (secondary N) is 1. The minimum absolute atomic E-state index is 0.0493. The van der Waals surface area contributed by atoms with E-state index in [9.17, 15) is 14.7 Å². The lowest BCUT2D eigenvalue weighted by molar-refractivity contribution is -0.0888. The lowest BCUT2D eigenvalue weighted by atomic mass is 9.99. The first-order chi connectivity index (χ1) is 11.9. The minimum Gasteiger partial charge on any atom is -0.410 e. The van der Waals surface area contributed by atoms with Crippen molar-refractivity contribution < 1.29 is 14.3 Å². The first kappa shape index (κ1) is 20.6. The van der Waals surface area contributed by atoms with Crippen LogP contribution in [-0.4, -0.2) is 41.3 Å². The highest BCUT2D eigenvalue weighted by molar-refractivity contribution is 6.74. The molecule has 1 fully saturated rings. The number of aliphatic hydroxyl groups excluding tert-OH is 1. The van der Waals surface area contributed by atoms with Gasteiger partial charge in [-0.3, -0.25) is 14.3 Å². The first-order valence-electron chi connectivity index (χ1n) is 8.63. The molecule has 7 nitrogen and oxygen atoms in total. The molecular weight excluding hydrogens is 352 g/mol. The summed E-state index contributed by atoms with van der Waals surface area (Å²) in [5.41, 5.74) is -1.97. The van der Waals surface area contributed by atoms with Crippen molar-refractivity contribution in [2.45, 2.75) is 70.2 Å². The molecule has 3 atom stereocenters. The van der Waals surface area contributed by atoms with Gasteiger partial charge in [0.25, 0.3) is 5.56 Å². The number of aromatic amines is 1. The van der Waals surface area contributed by atoms with Crippen LogP contribution in [0.1, 0.15) is 39.0 Å². The van der Waals surface area contributed by atoms with Crippen LogP contribution in [0.5, 0.6) is 0 Å². The van der Waals surface area contributed by atoms with Crippen molar-refractivity contribution in [2.75, 3.05) is 6.61 Å². The number of H-pyrrole nitrogens is 1. The number of nitrogens with zero attached hydrogens (tertiary/aromatic N) is 1. The molecule has 0 amide bonds. The van der Waals surface area contributed by atoms with E-state index in [2.05, 4.69) is 44.8 Å². The second kappa shape index (κ2) is 6.81. The third kappa shape index (κ3) is 3.57. The van der Waals surface area contributed by atoms with Gasteiger partial charge in [-0.2, -0.15) is 0 Å². The normalized spacial score (nSPS) is 26.7. The predicted molar refractivity (Wildman–Crippen MR) is 102 cm³/mol. The minimum atomic E-state index is -2.19. The maximum Gasteiger partial charge on any atom is 0.330 e. The molecule has 0 bridgehead atoms. The Bertz CT molecular complexity index is 830. The summed E-state index contributed by atoms with van der Waals surface area (Å²) in [7, 11) is -2.19. The number of terminal acetylenes is 1. The molecular formula is C18H28N2O5Si. The van der Waals surface area contributed by atoms with Crippen LogP contribution in [0.4, 0.5) is 0 Å². The van der Waals surface area contributed by atoms with Gasteiger partial charge >= 0.3 is 5.69 Å². The molecule has 2 heterocycles. The van der Waals surface area contributed by atoms with Gasteiger partial charge in [0, 0.05) is 18.2 Å². The Balaban J connectivity index is 2.42. The van der Waals surface area contributed by atoms with Crippen LogP contribution in [0.15, 0.2) is 15.8 Å². The molecule has 1 saturated heterocycles. The second-order valence-corrected chi connectivity index (χ2v) is 13.1. The van der Waals surface area contributed by atoms with Crippen LogP contribution >= 0.6 is 0 Å². The van der Waals surface area contributed by atoms with E-state index in [0.29, 0.717) is 12.0 Å². The molecule has 0 unspecified atom stereocenters. The van der Waals surface area contributed by atoms with E-state index < -0.39 is 44.1 Å². The fourth-order valence-electron chi connectivity index (χ4n) is 2.70. The lowest BCUT2D eigenvalue weighted by Gasteiger charge is -2.41. The van der Waals surface area contributed by atoms with Gasteiger partial charge < -0.3 is 14.3 Å². The average Bonchev–Trinajstić information content (AvgIpc) is 2.88. The molecule has 0 aromatic carbocycles. The summed E-state index contributed by atoms with van der Waals surface area (Å²) >= 11 is 0. The average molecular weight is 381 g/mol. The summed E-state index contributed by atoms with van der Waals surface area (Å²) in [5, 5.41) is 9.89. The molecule has 0 radical (unpaired) electrons. The molecule has 144 valence electrons. The fourth-order valence-corrected chi connectivity index (χ4v) is 4.05. The molecule has 2 rings (SSSR count). The maximum absolute atomic E-state index is 12.2. The lowest BCUT2D eigenvalue weighted by Crippen LogP contribution is -2.51. The van der Waals surface area contributed by atoms with Crippen LogP contribution in [0.3, 0.4) is 0 Å². The summed E-state index contributed by atoms with van der Waals surface area (Å²) in [6, 6.07) is 0. The molecule has 0 saturated carbocycles. The number of ether oxygens (including phenoxy) is 1. The smallest absolute Gasteiger partial charge is 0.330 e. The first-order valence-corrected chi connectivity index (χ1v) is 11.5. The van der Waals surface area contributed by atoms with Crippen molar-refractivity contribution in [3.8, 4) is 12.3 Å². The van der Waals surface area contributed by atoms with E-state index in [1.807, 2.05) is 0 Å². The number of hydrogen-bond donors (Lipinski definition) is 2. The third-order valence-electron chi connectivity index (χ3n) is 5.46. The predicted octanol–water partition coefficient (Wildman–Crippen LogP) is 1.52. The van der Waals surface area contributed by atoms with Gasteiger partial charge in [0.2, 0.25) is 0 Å². The number of aryl methyl sites for hydroxylation is 1. The van der Waals surface area contributed by atoms with Crippen LogP contribution in [0, 0.1) is 19.3 Å². The van der Waals surface area contributed by atoms with Crippen molar-refractivity contribution in [1.29, 1.82) is 0 Å². The summed E-state index contributed by atoms with van der Waals surface area (Å²) in [6.45, 7) is 11.7. The number of rotatable bonds is 4. The molecule has 0 aliphatic carbocycles. The Morgan fingerprint density at radius 1 is 1.50 bits per heavy atom. The van der Waals surface area contributed by atoms with Gasteiger partial charge in [-0.05, 0) is 25.1 Å². The molecule has 1 aromatic heterocycles. The summed E-state index contributed by atoms with van der Waals surface area (Å²) in [5.74, 6) is 2.53. The number of hydrogen-bond acceptors (Lipinski definition) is 5. The van der Waals surface area contributed by atoms with Gasteiger partial charge in [-0.25, -0.2) is 4.79 Å². The number of aromatic nitrogens is 2. The van der Waals surface area contributed by atoms with Crippen LogP contribution in [0.25, 0.3) is 0 Å². The van der Waals surface area contributed by atoms with Gasteiger partial charge in [0.1, 0.15) is 6.23 Å². The Labute approximate surface area is 154 Å². The highest BCUT2D eigenvalue weighted by Crippen LogP contribution is 2.44. The van der Waals surface area contributed by atoms with Crippen molar-refractivity contribution >= 4 is 8.32 Å². The Morgan fingerprint density at radius 2 is 2.12 bits per heavy atom. The van der Waals surface area contributed by atoms with Gasteiger partial charge in [-0.1, -0.05) is 26.7 Å². The highest BCUT2D eigenvalue weighted by Gasteiger charge is 2.52. The fraction of sp³-hybridized carbons (Fsp3) is 0.667. The zero-order chi connectivity index (χ0) is 19.9. The zero-order valence-electron chi connectivity index (χ0n) is 16.3. The quantitative estimate of drug-likeness (QED) is 0.610. The van der Waals surface area contributed by atoms with Crippen LogP contribution in [-0.2, 0) is 9.16 Å². The monoisotopic (exact) mass is 380 g/mol. The second-order valence-electron chi connectivity index (χ2n) is 8.35. The maximum atomic E-state index is 12.2. The Hall–Kier alpha value is -1.66. The van der Waals surface area contributed by atoms with E-state index in [0.717, 1.165) is 0 Å². The summed E-state index contributed by atoms with van der Waals surface area (Å²) in [4.78, 5) is 26.1. The van der Waals surface area contributed by atoms with Gasteiger partial charge in [0.15, 0.2) is 13.9 Å². The van der Waals surface area contributed by atoms with Crippen molar-refractivity contribution in [1.82, 2.24) is 9.55 Å². The Kier molecular flexibility index (Phi) is 5.41. The topological polar surface area (TPSA) is 93.5 Å². The van der Waals surface area contributed by atoms with E-state index in [4.69, 9.17) is 15.6 Å². The molecule has 8 heteroatoms. The molecule has 0 spiro atoms. The van der Waals surface area contributed by atoms with Crippen molar-refractivity contribution in [3.05, 3.63) is 32.6 Å². The number of aliphatic hydroxyl groups is 1. The molecule has 26 heavy (non-hydrogen) atoms. The van der Waals surface area contributed by atoms with E-state index >= 15 is 0 Å². The molecule has 1 aromatic rings. The van der Waals surface area contributed by atoms with Crippen LogP contribution in [0.2, 0.25) is 18.1 Å². The van der Waals surface area contributed by atoms with E-state index in [1.54, 1.807) is 6.92 Å². The van der Waals surface area contributed by atoms with E-state index in [1.165, 1.54) is 10.8 Å². The van der Waals surface area contributed by atoms with E-state index in [-0.39, 0.29) is 5.04 Å². The highest BCUT2D eigenvalue weighted by atomic mass is 28.4. The van der Waals surface area contributed by atoms with Gasteiger partial charge in [-0.15, -0.1) is 6.42 Å².